The summed E-state index contributed by atoms with van der Waals surface area (Å²) in [6.45, 7) is 1.98. The second-order valence-electron chi connectivity index (χ2n) is 3.53. The van der Waals surface area contributed by atoms with Crippen molar-refractivity contribution in [3.8, 4) is 0 Å². The Morgan fingerprint density at radius 1 is 1.60 bits per heavy atom. The summed E-state index contributed by atoms with van der Waals surface area (Å²) >= 11 is 0. The molecule has 0 radical (unpaired) electrons. The first-order valence-corrected chi connectivity index (χ1v) is 5.08. The zero-order chi connectivity index (χ0) is 11.3. The Kier molecular flexibility index (Phi) is 4.52. The lowest BCUT2D eigenvalue weighted by atomic mass is 10.0. The fraction of sp³-hybridized carbons (Fsp3) is 0.545. The lowest BCUT2D eigenvalue weighted by Crippen LogP contribution is -2.29. The molecular weight excluding hydrogens is 192 g/mol. The average Bonchev–Trinajstić information content (AvgIpc) is 2.23. The van der Waals surface area contributed by atoms with Crippen molar-refractivity contribution in [1.82, 2.24) is 4.98 Å². The minimum atomic E-state index is -0.536. The number of hydrogen-bond donors (Lipinski definition) is 2. The second kappa shape index (κ2) is 5.68. The van der Waals surface area contributed by atoms with Gasteiger partial charge in [0.2, 0.25) is 0 Å². The molecule has 0 aliphatic rings. The molecule has 1 aromatic heterocycles. The molecule has 1 rings (SSSR count). The molecule has 3 N–H and O–H groups in total. The Labute approximate surface area is 90.1 Å². The summed E-state index contributed by atoms with van der Waals surface area (Å²) in [6, 6.07) is 1.73. The van der Waals surface area contributed by atoms with Gasteiger partial charge in [-0.05, 0) is 18.1 Å². The largest absolute Gasteiger partial charge is 0.398 e. The fourth-order valence-corrected chi connectivity index (χ4v) is 1.56. The van der Waals surface area contributed by atoms with Gasteiger partial charge in [-0.25, -0.2) is 0 Å². The minimum Gasteiger partial charge on any atom is -0.398 e. The molecule has 0 aliphatic carbocycles. The Morgan fingerprint density at radius 3 is 2.87 bits per heavy atom. The van der Waals surface area contributed by atoms with Crippen LogP contribution in [0.25, 0.3) is 0 Å². The highest BCUT2D eigenvalue weighted by atomic mass is 16.5. The first-order chi connectivity index (χ1) is 7.19. The predicted molar refractivity (Wildman–Crippen MR) is 59.4 cm³/mol. The van der Waals surface area contributed by atoms with Crippen molar-refractivity contribution in [3.63, 3.8) is 0 Å². The highest BCUT2D eigenvalue weighted by Crippen LogP contribution is 2.14. The van der Waals surface area contributed by atoms with Gasteiger partial charge in [0.05, 0.1) is 12.2 Å². The summed E-state index contributed by atoms with van der Waals surface area (Å²) in [4.78, 5) is 3.98. The number of nitrogen functional groups attached to an aromatic ring is 1. The Bertz CT molecular complexity index is 300. The van der Waals surface area contributed by atoms with Crippen LogP contribution in [-0.4, -0.2) is 29.4 Å². The lowest BCUT2D eigenvalue weighted by Gasteiger charge is -2.20. The molecule has 0 saturated heterocycles. The van der Waals surface area contributed by atoms with E-state index >= 15 is 0 Å². The maximum Gasteiger partial charge on any atom is 0.0843 e. The number of pyridine rings is 1. The molecule has 4 heteroatoms. The van der Waals surface area contributed by atoms with Gasteiger partial charge < -0.3 is 15.6 Å². The SMILES string of the molecule is CCC(OC)C(O)Cc1cnccc1N. The summed E-state index contributed by atoms with van der Waals surface area (Å²) < 4.78 is 5.16. The molecule has 1 aromatic rings. The van der Waals surface area contributed by atoms with Crippen molar-refractivity contribution in [3.05, 3.63) is 24.0 Å². The third-order valence-electron chi connectivity index (χ3n) is 2.50. The van der Waals surface area contributed by atoms with Crippen molar-refractivity contribution in [2.45, 2.75) is 32.0 Å². The molecule has 84 valence electrons. The van der Waals surface area contributed by atoms with Crippen LogP contribution in [0.2, 0.25) is 0 Å². The van der Waals surface area contributed by atoms with Crippen molar-refractivity contribution in [2.75, 3.05) is 12.8 Å². The Balaban J connectivity index is 2.65. The number of nitrogens with zero attached hydrogens (tertiary/aromatic N) is 1. The van der Waals surface area contributed by atoms with E-state index in [0.717, 1.165) is 12.0 Å². The zero-order valence-electron chi connectivity index (χ0n) is 9.18. The molecule has 2 unspecified atom stereocenters. The van der Waals surface area contributed by atoms with Crippen LogP contribution < -0.4 is 5.73 Å². The molecule has 1 heterocycles. The van der Waals surface area contributed by atoms with E-state index in [9.17, 15) is 5.11 Å². The molecule has 0 spiro atoms. The molecule has 0 bridgehead atoms. The van der Waals surface area contributed by atoms with E-state index in [1.54, 1.807) is 25.6 Å². The summed E-state index contributed by atoms with van der Waals surface area (Å²) in [6.07, 6.45) is 3.89. The van der Waals surface area contributed by atoms with Crippen LogP contribution >= 0.6 is 0 Å². The summed E-state index contributed by atoms with van der Waals surface area (Å²) in [7, 11) is 1.60. The third-order valence-corrected chi connectivity index (χ3v) is 2.50. The standard InChI is InChI=1S/C11H18N2O2/c1-3-11(15-2)10(14)6-8-7-13-5-4-9(8)12/h4-5,7,10-11,14H,3,6H2,1-2H3,(H2,12,13). The average molecular weight is 210 g/mol. The van der Waals surface area contributed by atoms with E-state index in [1.807, 2.05) is 6.92 Å². The van der Waals surface area contributed by atoms with Gasteiger partial charge in [0, 0.05) is 31.6 Å². The fourth-order valence-electron chi connectivity index (χ4n) is 1.56. The first-order valence-electron chi connectivity index (χ1n) is 5.08. The predicted octanol–water partition coefficient (Wildman–Crippen LogP) is 0.992. The van der Waals surface area contributed by atoms with Crippen LogP contribution in [0, 0.1) is 0 Å². The number of aliphatic hydroxyl groups is 1. The monoisotopic (exact) mass is 210 g/mol. The third kappa shape index (κ3) is 3.18. The van der Waals surface area contributed by atoms with Gasteiger partial charge in [-0.2, -0.15) is 0 Å². The lowest BCUT2D eigenvalue weighted by molar-refractivity contribution is -0.0128. The number of nitrogens with two attached hydrogens (primary N) is 1. The molecule has 0 aromatic carbocycles. The minimum absolute atomic E-state index is 0.149. The van der Waals surface area contributed by atoms with E-state index in [1.165, 1.54) is 0 Å². The quantitative estimate of drug-likeness (QED) is 0.760. The van der Waals surface area contributed by atoms with Crippen LogP contribution in [0.15, 0.2) is 18.5 Å². The smallest absolute Gasteiger partial charge is 0.0843 e. The van der Waals surface area contributed by atoms with Crippen molar-refractivity contribution >= 4 is 5.69 Å². The van der Waals surface area contributed by atoms with Gasteiger partial charge in [0.25, 0.3) is 0 Å². The Hall–Kier alpha value is -1.13. The van der Waals surface area contributed by atoms with Crippen LogP contribution in [0.4, 0.5) is 5.69 Å². The summed E-state index contributed by atoms with van der Waals surface area (Å²) in [5, 5.41) is 9.88. The normalized spacial score (nSPS) is 14.9. The first kappa shape index (κ1) is 11.9. The van der Waals surface area contributed by atoms with Crippen molar-refractivity contribution in [2.24, 2.45) is 0 Å². The van der Waals surface area contributed by atoms with Gasteiger partial charge >= 0.3 is 0 Å². The van der Waals surface area contributed by atoms with Crippen molar-refractivity contribution in [1.29, 1.82) is 0 Å². The van der Waals surface area contributed by atoms with Gasteiger partial charge in [-0.1, -0.05) is 6.92 Å². The molecule has 0 fully saturated rings. The van der Waals surface area contributed by atoms with Gasteiger partial charge in [0.1, 0.15) is 0 Å². The van der Waals surface area contributed by atoms with Gasteiger partial charge in [-0.3, -0.25) is 4.98 Å². The second-order valence-corrected chi connectivity index (χ2v) is 3.53. The summed E-state index contributed by atoms with van der Waals surface area (Å²) in [5.74, 6) is 0. The van der Waals surface area contributed by atoms with E-state index < -0.39 is 6.10 Å². The number of aliphatic hydroxyl groups excluding tert-OH is 1. The number of hydrogen-bond acceptors (Lipinski definition) is 4. The number of anilines is 1. The molecular formula is C11H18N2O2. The van der Waals surface area contributed by atoms with Gasteiger partial charge in [-0.15, -0.1) is 0 Å². The van der Waals surface area contributed by atoms with E-state index in [-0.39, 0.29) is 6.10 Å². The maximum atomic E-state index is 9.88. The van der Waals surface area contributed by atoms with E-state index in [2.05, 4.69) is 4.98 Å². The number of methoxy groups -OCH3 is 1. The molecule has 4 nitrogen and oxygen atoms in total. The van der Waals surface area contributed by atoms with E-state index in [0.29, 0.717) is 12.1 Å². The number of rotatable bonds is 5. The molecule has 0 amide bonds. The van der Waals surface area contributed by atoms with Crippen LogP contribution in [0.3, 0.4) is 0 Å². The highest BCUT2D eigenvalue weighted by molar-refractivity contribution is 5.44. The van der Waals surface area contributed by atoms with Gasteiger partial charge in [0.15, 0.2) is 0 Å². The molecule has 0 saturated carbocycles. The topological polar surface area (TPSA) is 68.4 Å². The highest BCUT2D eigenvalue weighted by Gasteiger charge is 2.17. The van der Waals surface area contributed by atoms with Crippen LogP contribution in [-0.2, 0) is 11.2 Å². The Morgan fingerprint density at radius 2 is 2.33 bits per heavy atom. The number of ether oxygens (including phenoxy) is 1. The molecule has 0 aliphatic heterocycles. The summed E-state index contributed by atoms with van der Waals surface area (Å²) in [5.41, 5.74) is 7.28. The maximum absolute atomic E-state index is 9.88. The zero-order valence-corrected chi connectivity index (χ0v) is 9.18. The van der Waals surface area contributed by atoms with Crippen molar-refractivity contribution < 1.29 is 9.84 Å². The molecule has 15 heavy (non-hydrogen) atoms. The van der Waals surface area contributed by atoms with E-state index in [4.69, 9.17) is 10.5 Å². The van der Waals surface area contributed by atoms with Crippen LogP contribution in [0.5, 0.6) is 0 Å². The number of aromatic nitrogens is 1. The molecule has 2 atom stereocenters. The van der Waals surface area contributed by atoms with Crippen LogP contribution in [0.1, 0.15) is 18.9 Å².